The normalized spacial score (nSPS) is 21.0. The predicted octanol–water partition coefficient (Wildman–Crippen LogP) is 1.40. The van der Waals surface area contributed by atoms with Gasteiger partial charge in [0.2, 0.25) is 0 Å². The molecule has 0 bridgehead atoms. The van der Waals surface area contributed by atoms with Crippen LogP contribution in [-0.4, -0.2) is 26.0 Å². The molecule has 1 fully saturated rings. The van der Waals surface area contributed by atoms with Crippen LogP contribution < -0.4 is 10.1 Å². The van der Waals surface area contributed by atoms with Gasteiger partial charge in [-0.2, -0.15) is 0 Å². The molecule has 2 rings (SSSR count). The van der Waals surface area contributed by atoms with E-state index in [1.54, 1.807) is 0 Å². The molecule has 3 heteroatoms. The van der Waals surface area contributed by atoms with Crippen LogP contribution in [-0.2, 0) is 4.74 Å². The molecule has 0 aromatic heterocycles. The van der Waals surface area contributed by atoms with Crippen LogP contribution in [0.1, 0.15) is 6.42 Å². The monoisotopic (exact) mass is 193 g/mol. The van der Waals surface area contributed by atoms with E-state index in [-0.39, 0.29) is 0 Å². The minimum absolute atomic E-state index is 0.318. The lowest BCUT2D eigenvalue weighted by Gasteiger charge is -2.11. The first-order valence-electron chi connectivity index (χ1n) is 4.95. The van der Waals surface area contributed by atoms with E-state index < -0.39 is 0 Å². The van der Waals surface area contributed by atoms with Crippen molar-refractivity contribution >= 4 is 0 Å². The largest absolute Gasteiger partial charge is 0.468 e. The third-order valence-corrected chi connectivity index (χ3v) is 2.29. The molecule has 1 heterocycles. The number of hydrogen-bond donors (Lipinski definition) is 1. The van der Waals surface area contributed by atoms with Crippen LogP contribution in [0, 0.1) is 0 Å². The van der Waals surface area contributed by atoms with Gasteiger partial charge in [-0.15, -0.1) is 0 Å². The zero-order valence-electron chi connectivity index (χ0n) is 8.11. The van der Waals surface area contributed by atoms with E-state index in [2.05, 4.69) is 5.32 Å². The van der Waals surface area contributed by atoms with Crippen molar-refractivity contribution in [2.24, 2.45) is 0 Å². The molecule has 3 nitrogen and oxygen atoms in total. The molecule has 14 heavy (non-hydrogen) atoms. The summed E-state index contributed by atoms with van der Waals surface area (Å²) < 4.78 is 10.9. The van der Waals surface area contributed by atoms with Crippen molar-refractivity contribution in [3.63, 3.8) is 0 Å². The highest BCUT2D eigenvalue weighted by Crippen LogP contribution is 2.09. The average Bonchev–Trinajstić information content (AvgIpc) is 2.72. The fourth-order valence-corrected chi connectivity index (χ4v) is 1.49. The second kappa shape index (κ2) is 4.98. The highest BCUT2D eigenvalue weighted by molar-refractivity contribution is 5.20. The lowest BCUT2D eigenvalue weighted by molar-refractivity contribution is -0.0270. The summed E-state index contributed by atoms with van der Waals surface area (Å²) in [5.74, 6) is 0.860. The van der Waals surface area contributed by atoms with Gasteiger partial charge in [0.05, 0.1) is 6.10 Å². The Balaban J connectivity index is 1.67. The number of benzene rings is 1. The third kappa shape index (κ3) is 2.72. The Kier molecular flexibility index (Phi) is 3.38. The molecule has 0 aliphatic carbocycles. The van der Waals surface area contributed by atoms with Crippen LogP contribution in [0.2, 0.25) is 0 Å². The summed E-state index contributed by atoms with van der Waals surface area (Å²) in [7, 11) is 0. The van der Waals surface area contributed by atoms with E-state index in [4.69, 9.17) is 9.47 Å². The van der Waals surface area contributed by atoms with Crippen LogP contribution >= 0.6 is 0 Å². The number of para-hydroxylation sites is 1. The first-order chi connectivity index (χ1) is 6.95. The molecule has 1 unspecified atom stereocenters. The lowest BCUT2D eigenvalue weighted by atomic mass is 10.3. The van der Waals surface area contributed by atoms with Gasteiger partial charge in [0.15, 0.2) is 6.79 Å². The molecule has 1 aliphatic heterocycles. The molecule has 1 atom stereocenters. The molecule has 0 amide bonds. The van der Waals surface area contributed by atoms with Gasteiger partial charge in [-0.25, -0.2) is 0 Å². The molecule has 76 valence electrons. The smallest absolute Gasteiger partial charge is 0.189 e. The maximum Gasteiger partial charge on any atom is 0.189 e. The van der Waals surface area contributed by atoms with Crippen LogP contribution in [0.4, 0.5) is 0 Å². The minimum Gasteiger partial charge on any atom is -0.468 e. The molecule has 0 radical (unpaired) electrons. The van der Waals surface area contributed by atoms with Gasteiger partial charge in [-0.05, 0) is 25.1 Å². The van der Waals surface area contributed by atoms with Crippen molar-refractivity contribution in [2.45, 2.75) is 12.5 Å². The predicted molar refractivity (Wildman–Crippen MR) is 54.3 cm³/mol. The highest BCUT2D eigenvalue weighted by Gasteiger charge is 2.14. The van der Waals surface area contributed by atoms with Gasteiger partial charge >= 0.3 is 0 Å². The fraction of sp³-hybridized carbons (Fsp3) is 0.455. The molecular formula is C11H15NO2. The summed E-state index contributed by atoms with van der Waals surface area (Å²) in [6.07, 6.45) is 1.40. The van der Waals surface area contributed by atoms with Gasteiger partial charge in [-0.1, -0.05) is 18.2 Å². The van der Waals surface area contributed by atoms with Crippen LogP contribution in [0.5, 0.6) is 5.75 Å². The molecule has 0 saturated carbocycles. The molecular weight excluding hydrogens is 178 g/mol. The summed E-state index contributed by atoms with van der Waals surface area (Å²) in [6, 6.07) is 9.72. The Morgan fingerprint density at radius 3 is 2.86 bits per heavy atom. The highest BCUT2D eigenvalue weighted by atomic mass is 16.7. The number of nitrogens with one attached hydrogen (secondary N) is 1. The molecule has 1 saturated heterocycles. The molecule has 1 aromatic carbocycles. The zero-order chi connectivity index (χ0) is 9.64. The van der Waals surface area contributed by atoms with Crippen molar-refractivity contribution < 1.29 is 9.47 Å². The summed E-state index contributed by atoms with van der Waals surface area (Å²) in [5, 5.41) is 3.24. The molecule has 1 N–H and O–H groups in total. The second-order valence-corrected chi connectivity index (χ2v) is 3.36. The van der Waals surface area contributed by atoms with Crippen LogP contribution in [0.15, 0.2) is 30.3 Å². The van der Waals surface area contributed by atoms with Gasteiger partial charge in [0.25, 0.3) is 0 Å². The standard InChI is InChI=1S/C11H15NO2/c1-2-4-10(5-3-1)13-9-14-11-6-7-12-8-11/h1-5,11-12H,6-9H2. The van der Waals surface area contributed by atoms with Crippen molar-refractivity contribution in [2.75, 3.05) is 19.9 Å². The van der Waals surface area contributed by atoms with E-state index in [1.807, 2.05) is 30.3 Å². The Morgan fingerprint density at radius 1 is 1.29 bits per heavy atom. The van der Waals surface area contributed by atoms with Crippen molar-refractivity contribution in [1.82, 2.24) is 5.32 Å². The quantitative estimate of drug-likeness (QED) is 0.733. The summed E-state index contributed by atoms with van der Waals surface area (Å²) >= 11 is 0. The third-order valence-electron chi connectivity index (χ3n) is 2.29. The summed E-state index contributed by atoms with van der Waals surface area (Å²) in [5.41, 5.74) is 0. The van der Waals surface area contributed by atoms with Gasteiger partial charge in [0, 0.05) is 6.54 Å². The molecule has 1 aromatic rings. The first-order valence-corrected chi connectivity index (χ1v) is 4.95. The van der Waals surface area contributed by atoms with Crippen molar-refractivity contribution in [1.29, 1.82) is 0 Å². The zero-order valence-corrected chi connectivity index (χ0v) is 8.11. The van der Waals surface area contributed by atoms with E-state index in [0.29, 0.717) is 12.9 Å². The van der Waals surface area contributed by atoms with Crippen molar-refractivity contribution in [3.8, 4) is 5.75 Å². The maximum atomic E-state index is 5.52. The minimum atomic E-state index is 0.318. The molecule has 0 spiro atoms. The Hall–Kier alpha value is -1.06. The average molecular weight is 193 g/mol. The van der Waals surface area contributed by atoms with Gasteiger partial charge in [-0.3, -0.25) is 0 Å². The number of ether oxygens (including phenoxy) is 2. The first kappa shape index (κ1) is 9.49. The Bertz CT molecular complexity index is 257. The number of rotatable bonds is 4. The summed E-state index contributed by atoms with van der Waals surface area (Å²) in [6.45, 7) is 2.34. The van der Waals surface area contributed by atoms with E-state index in [9.17, 15) is 0 Å². The van der Waals surface area contributed by atoms with Crippen LogP contribution in [0.3, 0.4) is 0 Å². The lowest BCUT2D eigenvalue weighted by Crippen LogP contribution is -2.19. The Labute approximate surface area is 84.0 Å². The fourth-order valence-electron chi connectivity index (χ4n) is 1.49. The van der Waals surface area contributed by atoms with E-state index >= 15 is 0 Å². The summed E-state index contributed by atoms with van der Waals surface area (Å²) in [4.78, 5) is 0. The number of hydrogen-bond acceptors (Lipinski definition) is 3. The second-order valence-electron chi connectivity index (χ2n) is 3.36. The Morgan fingerprint density at radius 2 is 2.14 bits per heavy atom. The molecule has 1 aliphatic rings. The van der Waals surface area contributed by atoms with Crippen LogP contribution in [0.25, 0.3) is 0 Å². The maximum absolute atomic E-state index is 5.52. The van der Waals surface area contributed by atoms with E-state index in [0.717, 1.165) is 25.3 Å². The van der Waals surface area contributed by atoms with Gasteiger partial charge in [0.1, 0.15) is 5.75 Å². The van der Waals surface area contributed by atoms with E-state index in [1.165, 1.54) is 0 Å². The van der Waals surface area contributed by atoms with Gasteiger partial charge < -0.3 is 14.8 Å². The van der Waals surface area contributed by atoms with Crippen molar-refractivity contribution in [3.05, 3.63) is 30.3 Å². The SMILES string of the molecule is c1ccc(OCOC2CCNC2)cc1. The topological polar surface area (TPSA) is 30.5 Å².